The Kier molecular flexibility index (Phi) is 9.41. The number of rotatable bonds is 10. The minimum absolute atomic E-state index is 0.0454. The van der Waals surface area contributed by atoms with Crippen molar-refractivity contribution in [3.63, 3.8) is 0 Å². The SMILES string of the molecule is CC(Oc1ccc(OC(F)(F)F)cc1)C(=O)N(Cc1ccc(C(=O)Nc2nn[nH]n2)cc1)c1ccc(C2CCCCC2)cc1. The topological polar surface area (TPSA) is 122 Å². The van der Waals surface area contributed by atoms with Crippen molar-refractivity contribution in [2.45, 2.75) is 64.0 Å². The first-order valence-corrected chi connectivity index (χ1v) is 14.2. The van der Waals surface area contributed by atoms with Crippen LogP contribution in [0.5, 0.6) is 11.5 Å². The number of ether oxygens (including phenoxy) is 2. The summed E-state index contributed by atoms with van der Waals surface area (Å²) in [5.74, 6) is -0.408. The molecular formula is C31H31F3N6O4. The molecule has 0 saturated heterocycles. The maximum Gasteiger partial charge on any atom is 0.573 e. The number of hydrogen-bond acceptors (Lipinski definition) is 7. The van der Waals surface area contributed by atoms with Crippen LogP contribution in [-0.2, 0) is 11.3 Å². The molecule has 1 heterocycles. The highest BCUT2D eigenvalue weighted by Crippen LogP contribution is 2.34. The number of halogens is 3. The van der Waals surface area contributed by atoms with Crippen molar-refractivity contribution in [2.24, 2.45) is 0 Å². The minimum atomic E-state index is -4.81. The average molecular weight is 609 g/mol. The number of carbonyl (C=O) groups excluding carboxylic acids is 2. The molecule has 1 aliphatic rings. The summed E-state index contributed by atoms with van der Waals surface area (Å²) in [5.41, 5.74) is 3.02. The summed E-state index contributed by atoms with van der Waals surface area (Å²) >= 11 is 0. The molecule has 1 fully saturated rings. The lowest BCUT2D eigenvalue weighted by atomic mass is 9.84. The monoisotopic (exact) mass is 608 g/mol. The van der Waals surface area contributed by atoms with Crippen LogP contribution in [0, 0.1) is 0 Å². The van der Waals surface area contributed by atoms with Gasteiger partial charge in [0.1, 0.15) is 11.5 Å². The van der Waals surface area contributed by atoms with E-state index in [0.717, 1.165) is 30.5 Å². The maximum atomic E-state index is 13.8. The summed E-state index contributed by atoms with van der Waals surface area (Å²) in [5, 5.41) is 15.6. The number of aromatic amines is 1. The van der Waals surface area contributed by atoms with E-state index in [4.69, 9.17) is 4.74 Å². The van der Waals surface area contributed by atoms with Gasteiger partial charge in [0.05, 0.1) is 6.54 Å². The summed E-state index contributed by atoms with van der Waals surface area (Å²) in [7, 11) is 0. The molecule has 230 valence electrons. The summed E-state index contributed by atoms with van der Waals surface area (Å²) < 4.78 is 47.3. The van der Waals surface area contributed by atoms with Crippen molar-refractivity contribution in [3.05, 3.63) is 89.5 Å². The van der Waals surface area contributed by atoms with E-state index in [1.807, 2.05) is 12.1 Å². The Balaban J connectivity index is 1.33. The van der Waals surface area contributed by atoms with Gasteiger partial charge in [-0.25, -0.2) is 0 Å². The Labute approximate surface area is 251 Å². The van der Waals surface area contributed by atoms with Crippen molar-refractivity contribution >= 4 is 23.5 Å². The maximum absolute atomic E-state index is 13.8. The first kappa shape index (κ1) is 30.5. The van der Waals surface area contributed by atoms with E-state index >= 15 is 0 Å². The number of hydrogen-bond donors (Lipinski definition) is 2. The normalized spacial score (nSPS) is 14.5. The lowest BCUT2D eigenvalue weighted by Crippen LogP contribution is -2.40. The van der Waals surface area contributed by atoms with Gasteiger partial charge in [0, 0.05) is 11.3 Å². The molecule has 4 aromatic rings. The predicted molar refractivity (Wildman–Crippen MR) is 155 cm³/mol. The molecule has 2 N–H and O–H groups in total. The third kappa shape index (κ3) is 8.12. The fourth-order valence-corrected chi connectivity index (χ4v) is 5.19. The Morgan fingerprint density at radius 2 is 1.61 bits per heavy atom. The molecule has 1 unspecified atom stereocenters. The van der Waals surface area contributed by atoms with Gasteiger partial charge in [0.2, 0.25) is 0 Å². The number of aromatic nitrogens is 4. The minimum Gasteiger partial charge on any atom is -0.481 e. The van der Waals surface area contributed by atoms with Crippen LogP contribution in [-0.4, -0.2) is 44.9 Å². The van der Waals surface area contributed by atoms with Crippen LogP contribution in [0.1, 0.15) is 66.4 Å². The van der Waals surface area contributed by atoms with Crippen LogP contribution in [0.4, 0.5) is 24.8 Å². The van der Waals surface area contributed by atoms with E-state index in [-0.39, 0.29) is 24.1 Å². The van der Waals surface area contributed by atoms with Crippen LogP contribution >= 0.6 is 0 Å². The third-order valence-corrected chi connectivity index (χ3v) is 7.39. The summed E-state index contributed by atoms with van der Waals surface area (Å²) in [6.07, 6.45) is 0.177. The highest BCUT2D eigenvalue weighted by molar-refractivity contribution is 6.03. The van der Waals surface area contributed by atoms with Crippen molar-refractivity contribution < 1.29 is 32.2 Å². The van der Waals surface area contributed by atoms with E-state index in [1.165, 1.54) is 37.0 Å². The average Bonchev–Trinajstić information content (AvgIpc) is 3.54. The molecule has 0 bridgehead atoms. The van der Waals surface area contributed by atoms with E-state index < -0.39 is 24.1 Å². The molecule has 44 heavy (non-hydrogen) atoms. The first-order chi connectivity index (χ1) is 21.1. The van der Waals surface area contributed by atoms with Crippen LogP contribution in [0.15, 0.2) is 72.8 Å². The fraction of sp³-hybridized carbons (Fsp3) is 0.323. The van der Waals surface area contributed by atoms with Crippen LogP contribution in [0.25, 0.3) is 0 Å². The van der Waals surface area contributed by atoms with Crippen molar-refractivity contribution in [2.75, 3.05) is 10.2 Å². The highest BCUT2D eigenvalue weighted by Gasteiger charge is 2.31. The summed E-state index contributed by atoms with van der Waals surface area (Å²) in [6, 6.07) is 19.6. The molecular weight excluding hydrogens is 577 g/mol. The third-order valence-electron chi connectivity index (χ3n) is 7.39. The molecule has 3 aromatic carbocycles. The van der Waals surface area contributed by atoms with E-state index in [0.29, 0.717) is 17.2 Å². The number of nitrogens with zero attached hydrogens (tertiary/aromatic N) is 4. The van der Waals surface area contributed by atoms with Crippen LogP contribution < -0.4 is 19.7 Å². The van der Waals surface area contributed by atoms with Crippen molar-refractivity contribution in [1.29, 1.82) is 0 Å². The second-order valence-electron chi connectivity index (χ2n) is 10.5. The zero-order valence-corrected chi connectivity index (χ0v) is 23.9. The zero-order chi connectivity index (χ0) is 31.1. The number of H-pyrrole nitrogens is 1. The van der Waals surface area contributed by atoms with Gasteiger partial charge in [-0.3, -0.25) is 14.9 Å². The molecule has 1 aromatic heterocycles. The number of amides is 2. The van der Waals surface area contributed by atoms with Gasteiger partial charge in [0.25, 0.3) is 17.8 Å². The fourth-order valence-electron chi connectivity index (χ4n) is 5.19. The lowest BCUT2D eigenvalue weighted by molar-refractivity contribution is -0.274. The van der Waals surface area contributed by atoms with Gasteiger partial charge < -0.3 is 14.4 Å². The predicted octanol–water partition coefficient (Wildman–Crippen LogP) is 6.40. The van der Waals surface area contributed by atoms with Gasteiger partial charge in [-0.1, -0.05) is 48.6 Å². The largest absolute Gasteiger partial charge is 0.573 e. The molecule has 0 aliphatic heterocycles. The van der Waals surface area contributed by atoms with E-state index in [9.17, 15) is 22.8 Å². The van der Waals surface area contributed by atoms with E-state index in [1.54, 1.807) is 36.1 Å². The quantitative estimate of drug-likeness (QED) is 0.214. The standard InChI is InChI=1S/C31H31F3N6O4/c1-20(43-26-15-17-27(18-16-26)44-31(32,33)34)29(42)40(25-13-11-23(12-14-25)22-5-3-2-4-6-22)19-21-7-9-24(10-8-21)28(41)35-30-36-38-39-37-30/h7-18,20,22H,2-6,19H2,1H3,(H2,35,36,37,38,39,41). The number of carbonyl (C=O) groups is 2. The van der Waals surface area contributed by atoms with Crippen LogP contribution in [0.2, 0.25) is 0 Å². The van der Waals surface area contributed by atoms with Crippen LogP contribution in [0.3, 0.4) is 0 Å². The van der Waals surface area contributed by atoms with Gasteiger partial charge in [-0.05, 0) is 90.6 Å². The Morgan fingerprint density at radius 1 is 0.955 bits per heavy atom. The number of tetrazole rings is 1. The number of nitrogens with one attached hydrogen (secondary N) is 2. The van der Waals surface area contributed by atoms with Gasteiger partial charge in [0.15, 0.2) is 6.10 Å². The molecule has 5 rings (SSSR count). The molecule has 2 amide bonds. The number of benzene rings is 3. The van der Waals surface area contributed by atoms with E-state index in [2.05, 4.69) is 42.8 Å². The highest BCUT2D eigenvalue weighted by atomic mass is 19.4. The number of anilines is 2. The molecule has 0 spiro atoms. The summed E-state index contributed by atoms with van der Waals surface area (Å²) in [6.45, 7) is 1.76. The second-order valence-corrected chi connectivity index (χ2v) is 10.5. The van der Waals surface area contributed by atoms with Crippen molar-refractivity contribution in [1.82, 2.24) is 20.6 Å². The molecule has 0 radical (unpaired) electrons. The first-order valence-electron chi connectivity index (χ1n) is 14.2. The molecule has 10 nitrogen and oxygen atoms in total. The number of alkyl halides is 3. The molecule has 1 atom stereocenters. The van der Waals surface area contributed by atoms with Gasteiger partial charge >= 0.3 is 6.36 Å². The second kappa shape index (κ2) is 13.6. The Bertz CT molecular complexity index is 1520. The lowest BCUT2D eigenvalue weighted by Gasteiger charge is -2.28. The smallest absolute Gasteiger partial charge is 0.481 e. The van der Waals surface area contributed by atoms with Crippen molar-refractivity contribution in [3.8, 4) is 11.5 Å². The van der Waals surface area contributed by atoms with Gasteiger partial charge in [-0.15, -0.1) is 18.3 Å². The Morgan fingerprint density at radius 3 is 2.23 bits per heavy atom. The van der Waals surface area contributed by atoms with Gasteiger partial charge in [-0.2, -0.15) is 5.21 Å². The summed E-state index contributed by atoms with van der Waals surface area (Å²) in [4.78, 5) is 27.9. The molecule has 1 saturated carbocycles. The molecule has 1 aliphatic carbocycles. The molecule has 13 heteroatoms. The zero-order valence-electron chi connectivity index (χ0n) is 23.9. The Hall–Kier alpha value is -4.94.